The molecule has 0 aliphatic rings. The summed E-state index contributed by atoms with van der Waals surface area (Å²) in [4.78, 5) is 8.42. The molecular weight excluding hydrogens is 344 g/mol. The molecule has 26 heavy (non-hydrogen) atoms. The summed E-state index contributed by atoms with van der Waals surface area (Å²) in [5.41, 5.74) is 2.00. The molecule has 5 nitrogen and oxygen atoms in total. The number of ether oxygens (including phenoxy) is 1. The van der Waals surface area contributed by atoms with Gasteiger partial charge in [-0.05, 0) is 48.4 Å². The highest BCUT2D eigenvalue weighted by Gasteiger charge is 2.04. The molecule has 0 atom stereocenters. The van der Waals surface area contributed by atoms with Crippen molar-refractivity contribution in [3.8, 4) is 16.3 Å². The molecule has 0 N–H and O–H groups in total. The van der Waals surface area contributed by atoms with E-state index in [1.807, 2.05) is 36.4 Å². The molecule has 0 saturated heterocycles. The highest BCUT2D eigenvalue weighted by molar-refractivity contribution is 7.18. The number of nitrogens with zero attached hydrogens (tertiary/aromatic N) is 4. The zero-order chi connectivity index (χ0) is 18.0. The van der Waals surface area contributed by atoms with Crippen LogP contribution in [0.5, 0.6) is 5.75 Å². The molecule has 0 bridgehead atoms. The van der Waals surface area contributed by atoms with Crippen LogP contribution in [0, 0.1) is 0 Å². The molecule has 2 heterocycles. The molecule has 0 fully saturated rings. The Morgan fingerprint density at radius 1 is 1.00 bits per heavy atom. The lowest BCUT2D eigenvalue weighted by Crippen LogP contribution is -1.97. The largest absolute Gasteiger partial charge is 0.494 e. The molecule has 3 aromatic rings. The van der Waals surface area contributed by atoms with Gasteiger partial charge in [-0.1, -0.05) is 37.5 Å². The highest BCUT2D eigenvalue weighted by atomic mass is 32.1. The molecule has 6 heteroatoms. The van der Waals surface area contributed by atoms with Crippen molar-refractivity contribution in [2.45, 2.75) is 32.6 Å². The first-order valence-electron chi connectivity index (χ1n) is 8.86. The minimum atomic E-state index is 0.632. The van der Waals surface area contributed by atoms with Gasteiger partial charge < -0.3 is 4.74 Å². The number of rotatable bonds is 9. The van der Waals surface area contributed by atoms with E-state index in [-0.39, 0.29) is 0 Å². The third-order valence-electron chi connectivity index (χ3n) is 3.81. The first-order chi connectivity index (χ1) is 12.8. The topological polar surface area (TPSA) is 60.3 Å². The van der Waals surface area contributed by atoms with Crippen molar-refractivity contribution >= 4 is 22.7 Å². The predicted molar refractivity (Wildman–Crippen MR) is 106 cm³/mol. The van der Waals surface area contributed by atoms with Gasteiger partial charge in [0.05, 0.1) is 6.61 Å². The first kappa shape index (κ1) is 18.2. The Morgan fingerprint density at radius 2 is 1.81 bits per heavy atom. The molecular formula is C20H22N4OS. The number of unbranched alkanes of at least 4 members (excludes halogenated alkanes) is 3. The van der Waals surface area contributed by atoms with Crippen LogP contribution >= 0.6 is 11.3 Å². The van der Waals surface area contributed by atoms with Gasteiger partial charge in [0.2, 0.25) is 5.13 Å². The molecule has 0 spiro atoms. The Morgan fingerprint density at radius 3 is 2.58 bits per heavy atom. The molecule has 2 aromatic heterocycles. The Balaban J connectivity index is 1.53. The maximum absolute atomic E-state index is 5.75. The summed E-state index contributed by atoms with van der Waals surface area (Å²) in [6, 6.07) is 11.8. The van der Waals surface area contributed by atoms with Gasteiger partial charge in [0.25, 0.3) is 0 Å². The molecule has 3 rings (SSSR count). The van der Waals surface area contributed by atoms with E-state index in [0.29, 0.717) is 5.13 Å². The second-order valence-corrected chi connectivity index (χ2v) is 6.82. The van der Waals surface area contributed by atoms with E-state index in [1.54, 1.807) is 18.6 Å². The maximum atomic E-state index is 5.75. The monoisotopic (exact) mass is 366 g/mol. The van der Waals surface area contributed by atoms with Gasteiger partial charge in [-0.3, -0.25) is 4.98 Å². The third-order valence-corrected chi connectivity index (χ3v) is 4.69. The fourth-order valence-corrected chi connectivity index (χ4v) is 3.07. The Hall–Kier alpha value is -2.60. The fraction of sp³-hybridized carbons (Fsp3) is 0.300. The van der Waals surface area contributed by atoms with E-state index in [2.05, 4.69) is 27.1 Å². The third kappa shape index (κ3) is 5.46. The van der Waals surface area contributed by atoms with Gasteiger partial charge in [-0.2, -0.15) is 0 Å². The number of pyridine rings is 1. The Bertz CT molecular complexity index is 815. The van der Waals surface area contributed by atoms with Crippen LogP contribution in [0.1, 0.15) is 38.2 Å². The number of aliphatic imine (C=N–C) groups is 1. The number of hydrogen-bond donors (Lipinski definition) is 0. The molecule has 0 saturated carbocycles. The molecule has 0 amide bonds. The zero-order valence-electron chi connectivity index (χ0n) is 14.8. The quantitative estimate of drug-likeness (QED) is 0.380. The van der Waals surface area contributed by atoms with Crippen LogP contribution < -0.4 is 4.74 Å². The van der Waals surface area contributed by atoms with E-state index >= 15 is 0 Å². The summed E-state index contributed by atoms with van der Waals surface area (Å²) in [7, 11) is 0. The fourth-order valence-electron chi connectivity index (χ4n) is 2.38. The van der Waals surface area contributed by atoms with Crippen molar-refractivity contribution in [1.29, 1.82) is 0 Å². The van der Waals surface area contributed by atoms with Gasteiger partial charge in [0, 0.05) is 24.2 Å². The normalized spacial score (nSPS) is 11.1. The van der Waals surface area contributed by atoms with E-state index < -0.39 is 0 Å². The highest BCUT2D eigenvalue weighted by Crippen LogP contribution is 2.27. The number of aromatic nitrogens is 3. The van der Waals surface area contributed by atoms with Crippen LogP contribution in [0.3, 0.4) is 0 Å². The van der Waals surface area contributed by atoms with Crippen LogP contribution in [0.4, 0.5) is 5.13 Å². The van der Waals surface area contributed by atoms with Crippen molar-refractivity contribution < 1.29 is 4.74 Å². The Kier molecular flexibility index (Phi) is 6.84. The summed E-state index contributed by atoms with van der Waals surface area (Å²) >= 11 is 1.45. The van der Waals surface area contributed by atoms with Gasteiger partial charge in [0.1, 0.15) is 10.8 Å². The standard InChI is InChI=1S/C20H22N4OS/c1-2-3-4-5-14-25-18-8-6-16(7-9-18)15-22-20-24-23-19(26-20)17-10-12-21-13-11-17/h6-13,15H,2-5,14H2,1H3/b22-15+. The van der Waals surface area contributed by atoms with Crippen molar-refractivity contribution in [2.75, 3.05) is 6.61 Å². The second kappa shape index (κ2) is 9.77. The lowest BCUT2D eigenvalue weighted by atomic mass is 10.2. The molecule has 0 unspecified atom stereocenters. The van der Waals surface area contributed by atoms with E-state index in [9.17, 15) is 0 Å². The molecule has 0 aliphatic heterocycles. The van der Waals surface area contributed by atoms with Crippen molar-refractivity contribution in [3.63, 3.8) is 0 Å². The van der Waals surface area contributed by atoms with Crippen LogP contribution in [-0.4, -0.2) is 28.0 Å². The smallest absolute Gasteiger partial charge is 0.231 e. The van der Waals surface area contributed by atoms with E-state index in [4.69, 9.17) is 4.74 Å². The van der Waals surface area contributed by atoms with Crippen LogP contribution in [0.2, 0.25) is 0 Å². The summed E-state index contributed by atoms with van der Waals surface area (Å²) in [5.74, 6) is 0.898. The van der Waals surface area contributed by atoms with E-state index in [1.165, 1.54) is 30.6 Å². The number of benzene rings is 1. The lowest BCUT2D eigenvalue weighted by molar-refractivity contribution is 0.305. The van der Waals surface area contributed by atoms with Gasteiger partial charge in [-0.25, -0.2) is 4.99 Å². The van der Waals surface area contributed by atoms with Crippen molar-refractivity contribution in [1.82, 2.24) is 15.2 Å². The maximum Gasteiger partial charge on any atom is 0.231 e. The summed E-state index contributed by atoms with van der Waals surface area (Å²) in [6.45, 7) is 2.98. The summed E-state index contributed by atoms with van der Waals surface area (Å²) in [5, 5.41) is 9.76. The summed E-state index contributed by atoms with van der Waals surface area (Å²) < 4.78 is 5.75. The molecule has 0 aliphatic carbocycles. The van der Waals surface area contributed by atoms with Gasteiger partial charge in [-0.15, -0.1) is 10.2 Å². The van der Waals surface area contributed by atoms with Crippen LogP contribution in [-0.2, 0) is 0 Å². The number of hydrogen-bond acceptors (Lipinski definition) is 6. The van der Waals surface area contributed by atoms with E-state index in [0.717, 1.165) is 34.9 Å². The minimum Gasteiger partial charge on any atom is -0.494 e. The van der Waals surface area contributed by atoms with Gasteiger partial charge >= 0.3 is 0 Å². The average molecular weight is 366 g/mol. The van der Waals surface area contributed by atoms with Crippen LogP contribution in [0.25, 0.3) is 10.6 Å². The first-order valence-corrected chi connectivity index (χ1v) is 9.67. The second-order valence-electron chi connectivity index (χ2n) is 5.86. The predicted octanol–water partition coefficient (Wildman–Crippen LogP) is 5.31. The SMILES string of the molecule is CCCCCCOc1ccc(/C=N/c2nnc(-c3ccncc3)s2)cc1. The molecule has 1 aromatic carbocycles. The van der Waals surface area contributed by atoms with Crippen molar-refractivity contribution in [3.05, 3.63) is 54.4 Å². The molecule has 134 valence electrons. The zero-order valence-corrected chi connectivity index (χ0v) is 15.7. The van der Waals surface area contributed by atoms with Crippen LogP contribution in [0.15, 0.2) is 53.8 Å². The lowest BCUT2D eigenvalue weighted by Gasteiger charge is -2.05. The molecule has 0 radical (unpaired) electrons. The van der Waals surface area contributed by atoms with Gasteiger partial charge in [0.15, 0.2) is 0 Å². The van der Waals surface area contributed by atoms with Crippen molar-refractivity contribution in [2.24, 2.45) is 4.99 Å². The average Bonchev–Trinajstić information content (AvgIpc) is 3.17. The minimum absolute atomic E-state index is 0.632. The Labute approximate surface area is 157 Å². The summed E-state index contributed by atoms with van der Waals surface area (Å²) in [6.07, 6.45) is 10.1.